The monoisotopic (exact) mass is 357 g/mol. The molecule has 0 atom stereocenters. The minimum atomic E-state index is -3.71. The third-order valence-corrected chi connectivity index (χ3v) is 7.59. The lowest BCUT2D eigenvalue weighted by molar-refractivity contribution is 0.309. The molecule has 1 aromatic carbocycles. The molecule has 8 nitrogen and oxygen atoms in total. The van der Waals surface area contributed by atoms with Crippen LogP contribution in [0, 0.1) is 0 Å². The van der Waals surface area contributed by atoms with Crippen molar-refractivity contribution in [2.45, 2.75) is 15.2 Å². The van der Waals surface area contributed by atoms with Gasteiger partial charge in [-0.2, -0.15) is 4.31 Å². The van der Waals surface area contributed by atoms with E-state index in [-0.39, 0.29) is 23.0 Å². The van der Waals surface area contributed by atoms with Crippen LogP contribution >= 0.6 is 0 Å². The molecule has 0 radical (unpaired) electrons. The Kier molecular flexibility index (Phi) is 3.90. The maximum absolute atomic E-state index is 12.5. The molecular formula is C13H15N3O5S2. The number of rotatable bonds is 5. The predicted molar refractivity (Wildman–Crippen MR) is 81.3 cm³/mol. The van der Waals surface area contributed by atoms with Crippen molar-refractivity contribution >= 4 is 19.9 Å². The Hall–Kier alpha value is -1.91. The lowest BCUT2D eigenvalue weighted by atomic mass is 10.3. The van der Waals surface area contributed by atoms with Gasteiger partial charge < -0.3 is 9.72 Å². The summed E-state index contributed by atoms with van der Waals surface area (Å²) < 4.78 is 55.5. The molecule has 1 aromatic heterocycles. The Labute approximate surface area is 134 Å². The van der Waals surface area contributed by atoms with Gasteiger partial charge in [0.25, 0.3) is 10.0 Å². The number of benzene rings is 1. The lowest BCUT2D eigenvalue weighted by Gasteiger charge is -2.36. The zero-order chi connectivity index (χ0) is 16.7. The molecule has 124 valence electrons. The Morgan fingerprint density at radius 1 is 1.17 bits per heavy atom. The second-order valence-corrected chi connectivity index (χ2v) is 9.21. The summed E-state index contributed by atoms with van der Waals surface area (Å²) in [6, 6.07) is 6.04. The Morgan fingerprint density at radius 2 is 1.83 bits per heavy atom. The van der Waals surface area contributed by atoms with Crippen molar-refractivity contribution < 1.29 is 21.6 Å². The van der Waals surface area contributed by atoms with Crippen LogP contribution in [0.25, 0.3) is 0 Å². The van der Waals surface area contributed by atoms with Gasteiger partial charge >= 0.3 is 0 Å². The smallest absolute Gasteiger partial charge is 0.260 e. The van der Waals surface area contributed by atoms with Crippen LogP contribution < -0.4 is 4.74 Å². The summed E-state index contributed by atoms with van der Waals surface area (Å²) >= 11 is 0. The molecule has 23 heavy (non-hydrogen) atoms. The predicted octanol–water partition coefficient (Wildman–Crippen LogP) is 0.265. The molecule has 0 bridgehead atoms. The molecule has 0 amide bonds. The number of H-pyrrole nitrogens is 1. The van der Waals surface area contributed by atoms with E-state index in [1.807, 2.05) is 0 Å². The van der Waals surface area contributed by atoms with Gasteiger partial charge in [-0.3, -0.25) is 0 Å². The van der Waals surface area contributed by atoms with Gasteiger partial charge in [0, 0.05) is 13.1 Å². The number of aromatic amines is 1. The summed E-state index contributed by atoms with van der Waals surface area (Å²) in [7, 11) is -5.80. The Bertz CT molecular complexity index is 884. The number of nitrogens with zero attached hydrogens (tertiary/aromatic N) is 2. The van der Waals surface area contributed by atoms with Crippen molar-refractivity contribution in [3.05, 3.63) is 36.8 Å². The molecule has 3 rings (SSSR count). The van der Waals surface area contributed by atoms with E-state index < -0.39 is 25.1 Å². The van der Waals surface area contributed by atoms with E-state index in [0.29, 0.717) is 5.75 Å². The van der Waals surface area contributed by atoms with Crippen LogP contribution in [-0.2, 0) is 19.9 Å². The van der Waals surface area contributed by atoms with Crippen LogP contribution in [0.3, 0.4) is 0 Å². The van der Waals surface area contributed by atoms with Crippen molar-refractivity contribution in [1.29, 1.82) is 0 Å². The fourth-order valence-corrected chi connectivity index (χ4v) is 5.54. The van der Waals surface area contributed by atoms with E-state index in [9.17, 15) is 16.8 Å². The third kappa shape index (κ3) is 2.73. The molecule has 1 fully saturated rings. The quantitative estimate of drug-likeness (QED) is 0.822. The highest BCUT2D eigenvalue weighted by atomic mass is 32.2. The van der Waals surface area contributed by atoms with Gasteiger partial charge in [0.1, 0.15) is 5.75 Å². The lowest BCUT2D eigenvalue weighted by Crippen LogP contribution is -2.56. The molecule has 0 spiro atoms. The van der Waals surface area contributed by atoms with Gasteiger partial charge in [0.15, 0.2) is 14.9 Å². The molecule has 1 saturated heterocycles. The first-order chi connectivity index (χ1) is 10.9. The van der Waals surface area contributed by atoms with Crippen LogP contribution in [-0.4, -0.2) is 56.6 Å². The number of sulfone groups is 1. The molecule has 0 aliphatic carbocycles. The first kappa shape index (κ1) is 16.0. The van der Waals surface area contributed by atoms with Crippen molar-refractivity contribution in [3.63, 3.8) is 0 Å². The summed E-state index contributed by atoms with van der Waals surface area (Å²) in [5, 5.41) is -0.800. The maximum atomic E-state index is 12.5. The maximum Gasteiger partial charge on any atom is 0.260 e. The number of hydrogen-bond acceptors (Lipinski definition) is 6. The highest BCUT2D eigenvalue weighted by molar-refractivity contribution is 7.92. The topological polar surface area (TPSA) is 109 Å². The van der Waals surface area contributed by atoms with Crippen molar-refractivity contribution in [2.75, 3.05) is 20.2 Å². The number of nitrogens with one attached hydrogen (secondary N) is 1. The molecule has 0 saturated carbocycles. The Balaban J connectivity index is 1.75. The van der Waals surface area contributed by atoms with Crippen LogP contribution in [0.5, 0.6) is 5.75 Å². The fourth-order valence-electron chi connectivity index (χ4n) is 2.27. The average molecular weight is 357 g/mol. The second kappa shape index (κ2) is 5.62. The largest absolute Gasteiger partial charge is 0.497 e. The fraction of sp³-hybridized carbons (Fsp3) is 0.308. The van der Waals surface area contributed by atoms with Gasteiger partial charge in [0.2, 0.25) is 0 Å². The zero-order valence-corrected chi connectivity index (χ0v) is 13.8. The summed E-state index contributed by atoms with van der Waals surface area (Å²) in [4.78, 5) is 6.34. The minimum absolute atomic E-state index is 0.0437. The van der Waals surface area contributed by atoms with Crippen LogP contribution in [0.4, 0.5) is 0 Å². The molecule has 1 N–H and O–H groups in total. The van der Waals surface area contributed by atoms with Gasteiger partial charge in [-0.05, 0) is 24.3 Å². The molecule has 2 heterocycles. The summed E-state index contributed by atoms with van der Waals surface area (Å²) in [6.07, 6.45) is 2.46. The van der Waals surface area contributed by atoms with Crippen molar-refractivity contribution in [1.82, 2.24) is 14.3 Å². The van der Waals surface area contributed by atoms with Crippen LogP contribution in [0.2, 0.25) is 0 Å². The van der Waals surface area contributed by atoms with Gasteiger partial charge in [-0.25, -0.2) is 21.8 Å². The third-order valence-electron chi connectivity index (χ3n) is 3.73. The molecular weight excluding hydrogens is 342 g/mol. The van der Waals surface area contributed by atoms with E-state index in [1.54, 1.807) is 12.1 Å². The summed E-state index contributed by atoms with van der Waals surface area (Å²) in [6.45, 7) is -0.147. The number of ether oxygens (including phenoxy) is 1. The van der Waals surface area contributed by atoms with Crippen LogP contribution in [0.1, 0.15) is 0 Å². The summed E-state index contributed by atoms with van der Waals surface area (Å²) in [5.74, 6) is 0.556. The average Bonchev–Trinajstić information content (AvgIpc) is 3.00. The van der Waals surface area contributed by atoms with E-state index in [0.717, 1.165) is 4.31 Å². The van der Waals surface area contributed by atoms with Gasteiger partial charge in [0.05, 0.1) is 29.8 Å². The molecule has 1 aliphatic rings. The standard InChI is InChI=1S/C13H15N3O5S2/c1-21-10-2-4-11(5-3-10)22(17,18)12-7-16(8-12)23(19,20)13-6-14-9-15-13/h2-6,9,12H,7-8H2,1H3,(H,14,15). The second-order valence-electron chi connectivity index (χ2n) is 5.08. The van der Waals surface area contributed by atoms with E-state index in [4.69, 9.17) is 4.74 Å². The number of hydrogen-bond donors (Lipinski definition) is 1. The van der Waals surface area contributed by atoms with Crippen molar-refractivity contribution in [3.8, 4) is 5.75 Å². The van der Waals surface area contributed by atoms with Gasteiger partial charge in [-0.1, -0.05) is 0 Å². The molecule has 1 aliphatic heterocycles. The number of imidazole rings is 1. The first-order valence-electron chi connectivity index (χ1n) is 6.72. The SMILES string of the molecule is COc1ccc(S(=O)(=O)C2CN(S(=O)(=O)c3cnc[nH]3)C2)cc1. The zero-order valence-electron chi connectivity index (χ0n) is 12.2. The van der Waals surface area contributed by atoms with E-state index in [2.05, 4.69) is 9.97 Å². The highest BCUT2D eigenvalue weighted by Gasteiger charge is 2.44. The normalized spacial score (nSPS) is 16.9. The Morgan fingerprint density at radius 3 is 2.35 bits per heavy atom. The van der Waals surface area contributed by atoms with E-state index >= 15 is 0 Å². The number of sulfonamides is 1. The number of aromatic nitrogens is 2. The van der Waals surface area contributed by atoms with Crippen molar-refractivity contribution in [2.24, 2.45) is 0 Å². The number of methoxy groups -OCH3 is 1. The van der Waals surface area contributed by atoms with E-state index in [1.165, 1.54) is 31.8 Å². The van der Waals surface area contributed by atoms with Gasteiger partial charge in [-0.15, -0.1) is 0 Å². The highest BCUT2D eigenvalue weighted by Crippen LogP contribution is 2.28. The molecule has 10 heteroatoms. The van der Waals surface area contributed by atoms with Crippen LogP contribution in [0.15, 0.2) is 46.7 Å². The first-order valence-corrected chi connectivity index (χ1v) is 9.71. The minimum Gasteiger partial charge on any atom is -0.497 e. The molecule has 2 aromatic rings. The summed E-state index contributed by atoms with van der Waals surface area (Å²) in [5.41, 5.74) is 0. The molecule has 0 unspecified atom stereocenters.